The minimum Gasteiger partial charge on any atom is -0.378 e. The molecular weight excluding hydrogens is 501 g/mol. The molecule has 1 aromatic rings. The fourth-order valence-electron chi connectivity index (χ4n) is 4.48. The van der Waals surface area contributed by atoms with Crippen molar-refractivity contribution in [1.82, 2.24) is 20.0 Å². The number of piperidine rings is 1. The third-order valence-electron chi connectivity index (χ3n) is 6.25. The first-order chi connectivity index (χ1) is 14.8. The molecule has 3 rings (SSSR count). The topological polar surface area (TPSA) is 43.3 Å². The van der Waals surface area contributed by atoms with Crippen LogP contribution in [-0.4, -0.2) is 92.8 Å². The van der Waals surface area contributed by atoms with Crippen LogP contribution >= 0.6 is 24.0 Å². The van der Waals surface area contributed by atoms with E-state index in [1.54, 1.807) is 0 Å². The van der Waals surface area contributed by atoms with Crippen LogP contribution < -0.4 is 5.32 Å². The summed E-state index contributed by atoms with van der Waals surface area (Å²) in [5.41, 5.74) is 1.42. The van der Waals surface area contributed by atoms with Gasteiger partial charge in [0.1, 0.15) is 0 Å². The Hall–Kier alpha value is -0.900. The quantitative estimate of drug-likeness (QED) is 0.224. The van der Waals surface area contributed by atoms with Crippen LogP contribution in [-0.2, 0) is 11.3 Å². The van der Waals surface area contributed by atoms with Gasteiger partial charge < -0.3 is 19.9 Å². The predicted molar refractivity (Wildman–Crippen MR) is 140 cm³/mol. The minimum absolute atomic E-state index is 0. The molecule has 1 N–H and O–H groups in total. The van der Waals surface area contributed by atoms with Gasteiger partial charge >= 0.3 is 0 Å². The SMILES string of the molecule is CCOC1CCN(C(=NC)NCCCCN2CCN(Cc3ccccc3)CC2)CC1.I. The minimum atomic E-state index is 0. The predicted octanol–water partition coefficient (Wildman–Crippen LogP) is 3.28. The molecule has 31 heavy (non-hydrogen) atoms. The van der Waals surface area contributed by atoms with Gasteiger partial charge in [-0.15, -0.1) is 24.0 Å². The Kier molecular flexibility index (Phi) is 12.8. The van der Waals surface area contributed by atoms with E-state index in [2.05, 4.69) is 62.3 Å². The number of rotatable bonds is 9. The first kappa shape index (κ1) is 26.4. The number of nitrogens with zero attached hydrogens (tertiary/aromatic N) is 4. The summed E-state index contributed by atoms with van der Waals surface area (Å²) in [6, 6.07) is 10.8. The summed E-state index contributed by atoms with van der Waals surface area (Å²) in [7, 11) is 1.89. The summed E-state index contributed by atoms with van der Waals surface area (Å²) < 4.78 is 5.76. The van der Waals surface area contributed by atoms with Gasteiger partial charge in [0.25, 0.3) is 0 Å². The van der Waals surface area contributed by atoms with Crippen LogP contribution in [0.1, 0.15) is 38.2 Å². The molecule has 0 aliphatic carbocycles. The highest BCUT2D eigenvalue weighted by molar-refractivity contribution is 14.0. The zero-order valence-corrected chi connectivity index (χ0v) is 21.8. The maximum atomic E-state index is 5.76. The van der Waals surface area contributed by atoms with E-state index in [1.807, 2.05) is 7.05 Å². The Morgan fingerprint density at radius 3 is 2.32 bits per heavy atom. The van der Waals surface area contributed by atoms with E-state index in [9.17, 15) is 0 Å². The Balaban J connectivity index is 0.00000341. The lowest BCUT2D eigenvalue weighted by Crippen LogP contribution is -2.47. The van der Waals surface area contributed by atoms with Gasteiger partial charge in [-0.25, -0.2) is 0 Å². The second-order valence-corrected chi connectivity index (χ2v) is 8.43. The van der Waals surface area contributed by atoms with Crippen molar-refractivity contribution in [1.29, 1.82) is 0 Å². The molecule has 2 aliphatic heterocycles. The van der Waals surface area contributed by atoms with E-state index >= 15 is 0 Å². The van der Waals surface area contributed by atoms with Crippen molar-refractivity contribution >= 4 is 29.9 Å². The zero-order chi connectivity index (χ0) is 21.0. The van der Waals surface area contributed by atoms with Crippen LogP contribution in [0.3, 0.4) is 0 Å². The first-order valence-corrected chi connectivity index (χ1v) is 11.8. The van der Waals surface area contributed by atoms with Crippen molar-refractivity contribution in [2.75, 3.05) is 66.0 Å². The summed E-state index contributed by atoms with van der Waals surface area (Å²) in [6.45, 7) is 13.0. The number of benzene rings is 1. The fourth-order valence-corrected chi connectivity index (χ4v) is 4.48. The number of halogens is 1. The van der Waals surface area contributed by atoms with Gasteiger partial charge in [-0.2, -0.15) is 0 Å². The molecule has 2 aliphatic rings. The summed E-state index contributed by atoms with van der Waals surface area (Å²) >= 11 is 0. The molecule has 0 spiro atoms. The van der Waals surface area contributed by atoms with E-state index in [-0.39, 0.29) is 24.0 Å². The van der Waals surface area contributed by atoms with Crippen LogP contribution in [0.5, 0.6) is 0 Å². The fraction of sp³-hybridized carbons (Fsp3) is 0.708. The molecule has 0 bridgehead atoms. The van der Waals surface area contributed by atoms with Crippen LogP contribution in [0, 0.1) is 0 Å². The van der Waals surface area contributed by atoms with Crippen molar-refractivity contribution in [2.24, 2.45) is 4.99 Å². The van der Waals surface area contributed by atoms with Crippen molar-refractivity contribution in [3.05, 3.63) is 35.9 Å². The molecule has 6 nitrogen and oxygen atoms in total. The van der Waals surface area contributed by atoms with Crippen LogP contribution in [0.4, 0.5) is 0 Å². The molecule has 0 atom stereocenters. The summed E-state index contributed by atoms with van der Waals surface area (Å²) in [5, 5.41) is 3.57. The number of guanidine groups is 1. The second kappa shape index (κ2) is 15.0. The largest absolute Gasteiger partial charge is 0.378 e. The standard InChI is InChI=1S/C24H41N5O.HI/c1-3-30-23-11-15-29(16-12-23)24(25-2)26-13-7-8-14-27-17-19-28(20-18-27)21-22-9-5-4-6-10-22;/h4-6,9-10,23H,3,7-8,11-21H2,1-2H3,(H,25,26);1H. The average molecular weight is 544 g/mol. The number of ether oxygens (including phenoxy) is 1. The van der Waals surface area contributed by atoms with Crippen molar-refractivity contribution < 1.29 is 4.74 Å². The third-order valence-corrected chi connectivity index (χ3v) is 6.25. The summed E-state index contributed by atoms with van der Waals surface area (Å²) in [4.78, 5) is 12.1. The van der Waals surface area contributed by atoms with Gasteiger partial charge in [-0.1, -0.05) is 30.3 Å². The highest BCUT2D eigenvalue weighted by atomic mass is 127. The molecule has 7 heteroatoms. The van der Waals surface area contributed by atoms with E-state index in [1.165, 1.54) is 51.1 Å². The van der Waals surface area contributed by atoms with E-state index < -0.39 is 0 Å². The lowest BCUT2D eigenvalue weighted by Gasteiger charge is -2.35. The monoisotopic (exact) mass is 543 g/mol. The highest BCUT2D eigenvalue weighted by Crippen LogP contribution is 2.14. The Morgan fingerprint density at radius 1 is 1.00 bits per heavy atom. The molecular formula is C24H42IN5O. The van der Waals surface area contributed by atoms with Gasteiger partial charge in [0.2, 0.25) is 0 Å². The smallest absolute Gasteiger partial charge is 0.193 e. The average Bonchev–Trinajstić information content (AvgIpc) is 2.79. The molecule has 2 fully saturated rings. The zero-order valence-electron chi connectivity index (χ0n) is 19.5. The molecule has 2 heterocycles. The third kappa shape index (κ3) is 9.24. The van der Waals surface area contributed by atoms with Gasteiger partial charge in [0.05, 0.1) is 6.10 Å². The van der Waals surface area contributed by atoms with Gasteiger partial charge in [-0.05, 0) is 44.7 Å². The number of piperazine rings is 1. The van der Waals surface area contributed by atoms with Crippen molar-refractivity contribution in [3.8, 4) is 0 Å². The van der Waals surface area contributed by atoms with Crippen molar-refractivity contribution in [2.45, 2.75) is 45.3 Å². The summed E-state index contributed by atoms with van der Waals surface area (Å²) in [5.74, 6) is 1.06. The molecule has 0 aromatic heterocycles. The number of unbranched alkanes of at least 4 members (excludes halogenated alkanes) is 1. The highest BCUT2D eigenvalue weighted by Gasteiger charge is 2.21. The lowest BCUT2D eigenvalue weighted by atomic mass is 10.1. The molecule has 1 aromatic carbocycles. The maximum Gasteiger partial charge on any atom is 0.193 e. The van der Waals surface area contributed by atoms with Gasteiger partial charge in [0.15, 0.2) is 5.96 Å². The van der Waals surface area contributed by atoms with Crippen LogP contribution in [0.2, 0.25) is 0 Å². The van der Waals surface area contributed by atoms with E-state index in [0.717, 1.165) is 51.6 Å². The number of aliphatic imine (C=N–C) groups is 1. The number of nitrogens with one attached hydrogen (secondary N) is 1. The first-order valence-electron chi connectivity index (χ1n) is 11.8. The second-order valence-electron chi connectivity index (χ2n) is 8.43. The number of likely N-dealkylation sites (tertiary alicyclic amines) is 1. The molecule has 0 radical (unpaired) electrons. The lowest BCUT2D eigenvalue weighted by molar-refractivity contribution is 0.0264. The normalized spacial score (nSPS) is 19.3. The summed E-state index contributed by atoms with van der Waals surface area (Å²) in [6.07, 6.45) is 5.07. The number of hydrogen-bond donors (Lipinski definition) is 1. The number of hydrogen-bond acceptors (Lipinski definition) is 4. The van der Waals surface area contributed by atoms with E-state index in [0.29, 0.717) is 6.10 Å². The van der Waals surface area contributed by atoms with Crippen molar-refractivity contribution in [3.63, 3.8) is 0 Å². The van der Waals surface area contributed by atoms with Crippen LogP contribution in [0.15, 0.2) is 35.3 Å². The molecule has 2 saturated heterocycles. The van der Waals surface area contributed by atoms with E-state index in [4.69, 9.17) is 4.74 Å². The van der Waals surface area contributed by atoms with Gasteiger partial charge in [0, 0.05) is 66.0 Å². The Morgan fingerprint density at radius 2 is 1.68 bits per heavy atom. The molecule has 176 valence electrons. The maximum absolute atomic E-state index is 5.76. The Labute approximate surface area is 206 Å². The van der Waals surface area contributed by atoms with Crippen LogP contribution in [0.25, 0.3) is 0 Å². The Bertz CT molecular complexity index is 614. The molecule has 0 amide bonds. The molecule has 0 saturated carbocycles. The van der Waals surface area contributed by atoms with Gasteiger partial charge in [-0.3, -0.25) is 9.89 Å². The molecule has 0 unspecified atom stereocenters.